The van der Waals surface area contributed by atoms with E-state index in [-0.39, 0.29) is 17.7 Å². The minimum atomic E-state index is -0.157. The Morgan fingerprint density at radius 3 is 2.88 bits per heavy atom. The number of hydrogen-bond donors (Lipinski definition) is 2. The summed E-state index contributed by atoms with van der Waals surface area (Å²) in [5, 5.41) is 5.80. The molecule has 24 heavy (non-hydrogen) atoms. The molecule has 1 aliphatic heterocycles. The molecule has 3 rings (SSSR count). The molecule has 0 spiro atoms. The van der Waals surface area contributed by atoms with Crippen LogP contribution in [0.2, 0.25) is 0 Å². The van der Waals surface area contributed by atoms with E-state index in [1.807, 2.05) is 49.4 Å². The quantitative estimate of drug-likeness (QED) is 0.823. The summed E-state index contributed by atoms with van der Waals surface area (Å²) in [5.41, 5.74) is 3.89. The van der Waals surface area contributed by atoms with Gasteiger partial charge in [0, 0.05) is 28.2 Å². The second-order valence-electron chi connectivity index (χ2n) is 6.10. The van der Waals surface area contributed by atoms with Crippen molar-refractivity contribution in [3.05, 3.63) is 58.1 Å². The first-order valence-electron chi connectivity index (χ1n) is 7.97. The Morgan fingerprint density at radius 1 is 1.29 bits per heavy atom. The average Bonchev–Trinajstić information content (AvgIpc) is 2.56. The number of aryl methyl sites for hydroxylation is 1. The molecule has 2 aromatic carbocycles. The van der Waals surface area contributed by atoms with Crippen LogP contribution in [0.25, 0.3) is 0 Å². The van der Waals surface area contributed by atoms with Gasteiger partial charge in [0.15, 0.2) is 0 Å². The van der Waals surface area contributed by atoms with E-state index in [2.05, 4.69) is 26.6 Å². The van der Waals surface area contributed by atoms with Crippen molar-refractivity contribution < 1.29 is 9.59 Å². The molecule has 0 saturated carbocycles. The van der Waals surface area contributed by atoms with Crippen molar-refractivity contribution >= 4 is 39.1 Å². The topological polar surface area (TPSA) is 58.2 Å². The van der Waals surface area contributed by atoms with Gasteiger partial charge in [-0.05, 0) is 49.1 Å². The standard InChI is InChI=1S/C19H19BrN2O2/c1-12-6-8-15(11-16(12)20)21-18(23)9-7-14-10-13-4-2-3-5-17(13)22-19(14)24/h2-6,8,11,14H,7,9-10H2,1H3,(H,21,23)(H,22,24). The van der Waals surface area contributed by atoms with Crippen LogP contribution in [0.1, 0.15) is 24.0 Å². The first kappa shape index (κ1) is 16.7. The number of nitrogens with one attached hydrogen (secondary N) is 2. The number of amides is 2. The van der Waals surface area contributed by atoms with Gasteiger partial charge in [-0.1, -0.05) is 40.2 Å². The summed E-state index contributed by atoms with van der Waals surface area (Å²) in [6, 6.07) is 13.5. The van der Waals surface area contributed by atoms with Gasteiger partial charge in [0.25, 0.3) is 0 Å². The monoisotopic (exact) mass is 386 g/mol. The molecule has 0 aliphatic carbocycles. The Bertz CT molecular complexity index is 789. The molecule has 0 bridgehead atoms. The highest BCUT2D eigenvalue weighted by Crippen LogP contribution is 2.27. The molecular weight excluding hydrogens is 368 g/mol. The molecule has 0 fully saturated rings. The summed E-state index contributed by atoms with van der Waals surface area (Å²) in [6.45, 7) is 2.00. The fourth-order valence-electron chi connectivity index (χ4n) is 2.85. The van der Waals surface area contributed by atoms with Crippen LogP contribution in [0, 0.1) is 12.8 Å². The molecule has 4 nitrogen and oxygen atoms in total. The Morgan fingerprint density at radius 2 is 2.08 bits per heavy atom. The summed E-state index contributed by atoms with van der Waals surface area (Å²) >= 11 is 3.46. The second-order valence-corrected chi connectivity index (χ2v) is 6.95. The van der Waals surface area contributed by atoms with Gasteiger partial charge in [0.05, 0.1) is 0 Å². The van der Waals surface area contributed by atoms with Crippen LogP contribution in [-0.2, 0) is 16.0 Å². The molecule has 1 aliphatic rings. The number of halogens is 1. The van der Waals surface area contributed by atoms with Crippen molar-refractivity contribution in [1.29, 1.82) is 0 Å². The molecule has 0 aromatic heterocycles. The van der Waals surface area contributed by atoms with E-state index in [0.29, 0.717) is 19.3 Å². The van der Waals surface area contributed by atoms with Crippen LogP contribution in [-0.4, -0.2) is 11.8 Å². The highest BCUT2D eigenvalue weighted by Gasteiger charge is 2.26. The minimum Gasteiger partial charge on any atom is -0.326 e. The Labute approximate surface area is 149 Å². The van der Waals surface area contributed by atoms with Gasteiger partial charge in [0.1, 0.15) is 0 Å². The van der Waals surface area contributed by atoms with Gasteiger partial charge in [-0.2, -0.15) is 0 Å². The number of fused-ring (bicyclic) bond motifs is 1. The number of rotatable bonds is 4. The molecule has 0 radical (unpaired) electrons. The summed E-state index contributed by atoms with van der Waals surface area (Å²) in [7, 11) is 0. The predicted octanol–water partition coefficient (Wildman–Crippen LogP) is 4.29. The van der Waals surface area contributed by atoms with E-state index in [4.69, 9.17) is 0 Å². The van der Waals surface area contributed by atoms with Gasteiger partial charge in [-0.3, -0.25) is 9.59 Å². The maximum atomic E-state index is 12.2. The van der Waals surface area contributed by atoms with E-state index < -0.39 is 0 Å². The van der Waals surface area contributed by atoms with E-state index >= 15 is 0 Å². The average molecular weight is 387 g/mol. The lowest BCUT2D eigenvalue weighted by Crippen LogP contribution is -2.30. The summed E-state index contributed by atoms with van der Waals surface area (Å²) in [6.07, 6.45) is 1.55. The molecule has 124 valence electrons. The third-order valence-electron chi connectivity index (χ3n) is 4.29. The van der Waals surface area contributed by atoms with Gasteiger partial charge in [0.2, 0.25) is 11.8 Å². The van der Waals surface area contributed by atoms with Crippen molar-refractivity contribution in [3.8, 4) is 0 Å². The zero-order chi connectivity index (χ0) is 17.1. The number of para-hydroxylation sites is 1. The van der Waals surface area contributed by atoms with Crippen molar-refractivity contribution in [2.45, 2.75) is 26.2 Å². The van der Waals surface area contributed by atoms with Gasteiger partial charge in [-0.25, -0.2) is 0 Å². The molecule has 2 amide bonds. The van der Waals surface area contributed by atoms with E-state index in [9.17, 15) is 9.59 Å². The SMILES string of the molecule is Cc1ccc(NC(=O)CCC2Cc3ccccc3NC2=O)cc1Br. The maximum Gasteiger partial charge on any atom is 0.227 e. The van der Waals surface area contributed by atoms with Crippen LogP contribution in [0.3, 0.4) is 0 Å². The van der Waals surface area contributed by atoms with Crippen molar-refractivity contribution in [3.63, 3.8) is 0 Å². The fraction of sp³-hybridized carbons (Fsp3) is 0.263. The summed E-state index contributed by atoms with van der Waals surface area (Å²) in [4.78, 5) is 24.3. The fourth-order valence-corrected chi connectivity index (χ4v) is 3.22. The number of carbonyl (C=O) groups is 2. The minimum absolute atomic E-state index is 0.000389. The smallest absolute Gasteiger partial charge is 0.227 e. The van der Waals surface area contributed by atoms with Crippen LogP contribution >= 0.6 is 15.9 Å². The molecule has 1 unspecified atom stereocenters. The van der Waals surface area contributed by atoms with Crippen LogP contribution in [0.4, 0.5) is 11.4 Å². The van der Waals surface area contributed by atoms with Crippen LogP contribution in [0.5, 0.6) is 0 Å². The molecule has 0 saturated heterocycles. The lowest BCUT2D eigenvalue weighted by Gasteiger charge is -2.24. The molecule has 5 heteroatoms. The van der Waals surface area contributed by atoms with Crippen molar-refractivity contribution in [2.75, 3.05) is 10.6 Å². The highest BCUT2D eigenvalue weighted by atomic mass is 79.9. The molecule has 2 aromatic rings. The van der Waals surface area contributed by atoms with Crippen molar-refractivity contribution in [2.24, 2.45) is 5.92 Å². The second kappa shape index (κ2) is 7.18. The number of anilines is 2. The third kappa shape index (κ3) is 3.85. The molecular formula is C19H19BrN2O2. The summed E-state index contributed by atoms with van der Waals surface area (Å²) in [5.74, 6) is -0.229. The zero-order valence-electron chi connectivity index (χ0n) is 13.4. The zero-order valence-corrected chi connectivity index (χ0v) is 15.0. The largest absolute Gasteiger partial charge is 0.326 e. The number of hydrogen-bond acceptors (Lipinski definition) is 2. The Kier molecular flexibility index (Phi) is 5.00. The van der Waals surface area contributed by atoms with Crippen molar-refractivity contribution in [1.82, 2.24) is 0 Å². The molecule has 1 atom stereocenters. The van der Waals surface area contributed by atoms with Crippen LogP contribution < -0.4 is 10.6 Å². The summed E-state index contributed by atoms with van der Waals surface area (Å²) < 4.78 is 0.962. The molecule has 1 heterocycles. The lowest BCUT2D eigenvalue weighted by atomic mass is 9.89. The van der Waals surface area contributed by atoms with E-state index in [1.165, 1.54) is 0 Å². The first-order valence-corrected chi connectivity index (χ1v) is 8.77. The Hall–Kier alpha value is -2.14. The van der Waals surface area contributed by atoms with Crippen LogP contribution in [0.15, 0.2) is 46.9 Å². The number of carbonyl (C=O) groups excluding carboxylic acids is 2. The van der Waals surface area contributed by atoms with Gasteiger partial charge in [-0.15, -0.1) is 0 Å². The predicted molar refractivity (Wildman–Crippen MR) is 99.0 cm³/mol. The van der Waals surface area contributed by atoms with E-state index in [1.54, 1.807) is 0 Å². The number of benzene rings is 2. The van der Waals surface area contributed by atoms with Gasteiger partial charge < -0.3 is 10.6 Å². The molecule has 2 N–H and O–H groups in total. The highest BCUT2D eigenvalue weighted by molar-refractivity contribution is 9.10. The maximum absolute atomic E-state index is 12.2. The third-order valence-corrected chi connectivity index (χ3v) is 5.14. The van der Waals surface area contributed by atoms with E-state index in [0.717, 1.165) is 27.0 Å². The lowest BCUT2D eigenvalue weighted by molar-refractivity contribution is -0.121. The Balaban J connectivity index is 1.56. The first-order chi connectivity index (χ1) is 11.5. The normalized spacial score (nSPS) is 16.2. The van der Waals surface area contributed by atoms with Gasteiger partial charge >= 0.3 is 0 Å².